The van der Waals surface area contributed by atoms with E-state index in [1.807, 2.05) is 0 Å². The first-order valence-corrected chi connectivity index (χ1v) is 6.49. The number of furan rings is 1. The molecule has 0 radical (unpaired) electrons. The quantitative estimate of drug-likeness (QED) is 0.668. The van der Waals surface area contributed by atoms with Crippen molar-refractivity contribution in [3.05, 3.63) is 47.4 Å². The molecule has 0 fully saturated rings. The molecule has 0 bridgehead atoms. The molecular weight excluding hydrogens is 275 g/mol. The highest BCUT2D eigenvalue weighted by Crippen LogP contribution is 2.36. The maximum absolute atomic E-state index is 12.9. The van der Waals surface area contributed by atoms with Crippen molar-refractivity contribution in [2.24, 2.45) is 0 Å². The molecule has 0 amide bonds. The number of anilines is 1. The topological polar surface area (TPSA) is 39.2 Å². The van der Waals surface area contributed by atoms with Gasteiger partial charge in [0.1, 0.15) is 5.76 Å². The monoisotopic (exact) mass is 287 g/mol. The van der Waals surface area contributed by atoms with Crippen LogP contribution < -0.4 is 5.73 Å². The van der Waals surface area contributed by atoms with E-state index in [1.54, 1.807) is 13.0 Å². The molecule has 2 N–H and O–H groups in total. The minimum Gasteiger partial charge on any atom is -0.468 e. The molecule has 0 aliphatic heterocycles. The number of aryl methyl sites for hydroxylation is 1. The van der Waals surface area contributed by atoms with Crippen LogP contribution in [0.4, 0.5) is 18.9 Å². The third-order valence-electron chi connectivity index (χ3n) is 2.63. The number of hydrogen-bond acceptors (Lipinski definition) is 3. The summed E-state index contributed by atoms with van der Waals surface area (Å²) in [6, 6.07) is 5.61. The van der Waals surface area contributed by atoms with Gasteiger partial charge in [0, 0.05) is 16.3 Å². The van der Waals surface area contributed by atoms with Gasteiger partial charge in [0.15, 0.2) is 0 Å². The van der Waals surface area contributed by atoms with Gasteiger partial charge in [-0.1, -0.05) is 6.07 Å². The van der Waals surface area contributed by atoms with Gasteiger partial charge in [-0.3, -0.25) is 0 Å². The van der Waals surface area contributed by atoms with Crippen LogP contribution in [0.2, 0.25) is 0 Å². The van der Waals surface area contributed by atoms with Gasteiger partial charge in [-0.15, -0.1) is 11.8 Å². The van der Waals surface area contributed by atoms with Crippen molar-refractivity contribution < 1.29 is 17.6 Å². The molecule has 0 aliphatic carbocycles. The smallest absolute Gasteiger partial charge is 0.416 e. The van der Waals surface area contributed by atoms with E-state index in [1.165, 1.54) is 30.2 Å². The summed E-state index contributed by atoms with van der Waals surface area (Å²) in [7, 11) is 0. The Kier molecular flexibility index (Phi) is 3.80. The molecule has 6 heteroatoms. The molecule has 102 valence electrons. The number of nitrogen functional groups attached to an aromatic ring is 1. The van der Waals surface area contributed by atoms with E-state index in [9.17, 15) is 13.2 Å². The van der Waals surface area contributed by atoms with Crippen molar-refractivity contribution in [2.45, 2.75) is 23.7 Å². The van der Waals surface area contributed by atoms with E-state index in [0.717, 1.165) is 11.0 Å². The van der Waals surface area contributed by atoms with Crippen molar-refractivity contribution in [3.63, 3.8) is 0 Å². The number of halogens is 3. The van der Waals surface area contributed by atoms with E-state index in [4.69, 9.17) is 10.2 Å². The summed E-state index contributed by atoms with van der Waals surface area (Å²) in [6.07, 6.45) is -2.87. The first-order chi connectivity index (χ1) is 8.88. The van der Waals surface area contributed by atoms with Crippen LogP contribution in [-0.2, 0) is 11.9 Å². The molecular formula is C13H12F3NOS. The van der Waals surface area contributed by atoms with E-state index >= 15 is 0 Å². The Labute approximate surface area is 112 Å². The first-order valence-electron chi connectivity index (χ1n) is 5.50. The van der Waals surface area contributed by atoms with Crippen LogP contribution in [0.15, 0.2) is 39.8 Å². The first kappa shape index (κ1) is 13.9. The summed E-state index contributed by atoms with van der Waals surface area (Å²) in [5, 5.41) is 0. The minimum absolute atomic E-state index is 0.112. The highest BCUT2D eigenvalue weighted by molar-refractivity contribution is 7.98. The maximum Gasteiger partial charge on any atom is 0.416 e. The second-order valence-corrected chi connectivity index (χ2v) is 5.06. The zero-order chi connectivity index (χ0) is 14.0. The average molecular weight is 287 g/mol. The molecule has 2 nitrogen and oxygen atoms in total. The number of rotatable bonds is 3. The summed E-state index contributed by atoms with van der Waals surface area (Å²) >= 11 is 1.31. The summed E-state index contributed by atoms with van der Waals surface area (Å²) in [4.78, 5) is 0.838. The Morgan fingerprint density at radius 3 is 2.58 bits per heavy atom. The van der Waals surface area contributed by atoms with Gasteiger partial charge >= 0.3 is 6.18 Å². The lowest BCUT2D eigenvalue weighted by atomic mass is 10.1. The van der Waals surface area contributed by atoms with Crippen molar-refractivity contribution in [2.75, 3.05) is 5.73 Å². The SMILES string of the molecule is Cc1occc1SCc1ccc(N)cc1C(F)(F)F. The molecule has 0 atom stereocenters. The van der Waals surface area contributed by atoms with Crippen LogP contribution >= 0.6 is 11.8 Å². The third-order valence-corrected chi connectivity index (χ3v) is 3.82. The number of hydrogen-bond donors (Lipinski definition) is 1. The van der Waals surface area contributed by atoms with Gasteiger partial charge < -0.3 is 10.2 Å². The molecule has 0 unspecified atom stereocenters. The van der Waals surface area contributed by atoms with Gasteiger partial charge in [-0.25, -0.2) is 0 Å². The molecule has 0 saturated carbocycles. The fourth-order valence-electron chi connectivity index (χ4n) is 1.66. The van der Waals surface area contributed by atoms with Crippen LogP contribution in [0.5, 0.6) is 0 Å². The van der Waals surface area contributed by atoms with Crippen molar-refractivity contribution in [1.29, 1.82) is 0 Å². The summed E-state index contributed by atoms with van der Waals surface area (Å²) in [5.74, 6) is 0.921. The average Bonchev–Trinajstić information content (AvgIpc) is 2.72. The standard InChI is InChI=1S/C13H12F3NOS/c1-8-12(4-5-18-8)19-7-9-2-3-10(17)6-11(9)13(14,15)16/h2-6H,7,17H2,1H3. The number of benzene rings is 1. The minimum atomic E-state index is -4.39. The van der Waals surface area contributed by atoms with E-state index < -0.39 is 11.7 Å². The highest BCUT2D eigenvalue weighted by Gasteiger charge is 2.33. The van der Waals surface area contributed by atoms with Crippen LogP contribution in [0.25, 0.3) is 0 Å². The number of nitrogens with two attached hydrogens (primary N) is 1. The largest absolute Gasteiger partial charge is 0.468 e. The van der Waals surface area contributed by atoms with Crippen molar-refractivity contribution in [1.82, 2.24) is 0 Å². The van der Waals surface area contributed by atoms with Gasteiger partial charge in [-0.2, -0.15) is 13.2 Å². The Morgan fingerprint density at radius 1 is 1.26 bits per heavy atom. The second-order valence-electron chi connectivity index (χ2n) is 4.04. The molecule has 19 heavy (non-hydrogen) atoms. The molecule has 2 aromatic rings. The summed E-state index contributed by atoms with van der Waals surface area (Å²) in [6.45, 7) is 1.77. The number of thioether (sulfide) groups is 1. The lowest BCUT2D eigenvalue weighted by Gasteiger charge is -2.13. The lowest BCUT2D eigenvalue weighted by Crippen LogP contribution is -2.09. The highest BCUT2D eigenvalue weighted by atomic mass is 32.2. The molecule has 1 heterocycles. The van der Waals surface area contributed by atoms with Crippen LogP contribution in [0.3, 0.4) is 0 Å². The van der Waals surface area contributed by atoms with Crippen LogP contribution in [0, 0.1) is 6.92 Å². The van der Waals surface area contributed by atoms with Crippen LogP contribution in [0.1, 0.15) is 16.9 Å². The van der Waals surface area contributed by atoms with Crippen LogP contribution in [-0.4, -0.2) is 0 Å². The lowest BCUT2D eigenvalue weighted by molar-refractivity contribution is -0.138. The Balaban J connectivity index is 2.23. The summed E-state index contributed by atoms with van der Waals surface area (Å²) < 4.78 is 43.8. The van der Waals surface area contributed by atoms with Gasteiger partial charge in [0.2, 0.25) is 0 Å². The molecule has 0 spiro atoms. The fraction of sp³-hybridized carbons (Fsp3) is 0.231. The van der Waals surface area contributed by atoms with Gasteiger partial charge in [0.05, 0.1) is 11.8 Å². The van der Waals surface area contributed by atoms with Gasteiger partial charge in [0.25, 0.3) is 0 Å². The predicted octanol–water partition coefficient (Wildman–Crippen LogP) is 4.48. The van der Waals surface area contributed by atoms with Gasteiger partial charge in [-0.05, 0) is 30.7 Å². The fourth-order valence-corrected chi connectivity index (χ4v) is 2.63. The van der Waals surface area contributed by atoms with Crippen molar-refractivity contribution in [3.8, 4) is 0 Å². The normalized spacial score (nSPS) is 11.8. The van der Waals surface area contributed by atoms with E-state index in [-0.39, 0.29) is 17.0 Å². The summed E-state index contributed by atoms with van der Waals surface area (Å²) in [5.41, 5.74) is 5.06. The molecule has 1 aromatic heterocycles. The molecule has 0 aliphatic rings. The van der Waals surface area contributed by atoms with Crippen molar-refractivity contribution >= 4 is 17.4 Å². The molecule has 1 aromatic carbocycles. The second kappa shape index (κ2) is 5.21. The number of alkyl halides is 3. The van der Waals surface area contributed by atoms with E-state index in [2.05, 4.69) is 0 Å². The predicted molar refractivity (Wildman–Crippen MR) is 68.9 cm³/mol. The Morgan fingerprint density at radius 2 is 2.00 bits per heavy atom. The Bertz CT molecular complexity index is 578. The van der Waals surface area contributed by atoms with E-state index in [0.29, 0.717) is 5.76 Å². The maximum atomic E-state index is 12.9. The molecule has 0 saturated heterocycles. The third kappa shape index (κ3) is 3.26. The zero-order valence-corrected chi connectivity index (χ0v) is 10.9. The molecule has 2 rings (SSSR count). The zero-order valence-electron chi connectivity index (χ0n) is 10.1. The Hall–Kier alpha value is -1.56.